The van der Waals surface area contributed by atoms with Gasteiger partial charge in [0, 0.05) is 0 Å². The zero-order valence-electron chi connectivity index (χ0n) is 8.50. The first-order valence-corrected chi connectivity index (χ1v) is 6.67. The molecule has 0 N–H and O–H groups in total. The Morgan fingerprint density at radius 2 is 1.81 bits per heavy atom. The second kappa shape index (κ2) is 4.62. The first-order valence-electron chi connectivity index (χ1n) is 4.95. The molecule has 16 heavy (non-hydrogen) atoms. The maximum Gasteiger partial charge on any atom is 0.405 e. The van der Waals surface area contributed by atoms with Crippen molar-refractivity contribution >= 4 is 9.84 Å². The minimum absolute atomic E-state index is 0.415. The van der Waals surface area contributed by atoms with E-state index < -0.39 is 32.9 Å². The highest BCUT2D eigenvalue weighted by Crippen LogP contribution is 2.31. The van der Waals surface area contributed by atoms with Crippen LogP contribution in [0.4, 0.5) is 13.2 Å². The summed E-state index contributed by atoms with van der Waals surface area (Å²) in [6.07, 6.45) is -2.47. The predicted molar refractivity (Wildman–Crippen MR) is 51.2 cm³/mol. The van der Waals surface area contributed by atoms with E-state index in [9.17, 15) is 21.6 Å². The van der Waals surface area contributed by atoms with Crippen LogP contribution >= 0.6 is 0 Å². The summed E-state index contributed by atoms with van der Waals surface area (Å²) in [4.78, 5) is 0. The van der Waals surface area contributed by atoms with Gasteiger partial charge >= 0.3 is 6.18 Å². The van der Waals surface area contributed by atoms with E-state index in [2.05, 4.69) is 0 Å². The van der Waals surface area contributed by atoms with Crippen molar-refractivity contribution < 1.29 is 21.6 Å². The second-order valence-corrected chi connectivity index (χ2v) is 6.29. The molecule has 1 rings (SSSR count). The second-order valence-electron chi connectivity index (χ2n) is 3.96. The predicted octanol–water partition coefficient (Wildman–Crippen LogP) is 2.05. The third-order valence-corrected chi connectivity index (χ3v) is 5.05. The molecule has 0 bridgehead atoms. The molecule has 0 amide bonds. The molecule has 0 aromatic carbocycles. The first-order chi connectivity index (χ1) is 7.27. The molecule has 0 aromatic rings. The molecule has 1 saturated carbocycles. The van der Waals surface area contributed by atoms with E-state index in [1.807, 2.05) is 0 Å². The van der Waals surface area contributed by atoms with Crippen LogP contribution in [0, 0.1) is 17.2 Å². The molecule has 1 aliphatic rings. The number of halogens is 3. The van der Waals surface area contributed by atoms with Gasteiger partial charge < -0.3 is 0 Å². The van der Waals surface area contributed by atoms with Crippen molar-refractivity contribution in [3.05, 3.63) is 0 Å². The normalized spacial score (nSPS) is 20.6. The number of hydrogen-bond donors (Lipinski definition) is 0. The number of nitrogens with zero attached hydrogens (tertiary/aromatic N) is 1. The molecule has 1 fully saturated rings. The van der Waals surface area contributed by atoms with Gasteiger partial charge in [-0.2, -0.15) is 18.4 Å². The Morgan fingerprint density at radius 3 is 2.19 bits per heavy atom. The first kappa shape index (κ1) is 13.3. The van der Waals surface area contributed by atoms with E-state index in [1.165, 1.54) is 0 Å². The summed E-state index contributed by atoms with van der Waals surface area (Å²) in [5, 5.41) is 7.64. The van der Waals surface area contributed by atoms with E-state index in [4.69, 9.17) is 5.26 Å². The van der Waals surface area contributed by atoms with Crippen LogP contribution in [0.25, 0.3) is 0 Å². The van der Waals surface area contributed by atoms with Gasteiger partial charge in [0.1, 0.15) is 0 Å². The van der Waals surface area contributed by atoms with Gasteiger partial charge in [0.2, 0.25) is 0 Å². The maximum absolute atomic E-state index is 12.3. The lowest BCUT2D eigenvalue weighted by atomic mass is 10.2. The van der Waals surface area contributed by atoms with Crippen molar-refractivity contribution in [1.29, 1.82) is 5.26 Å². The van der Waals surface area contributed by atoms with E-state index in [0.717, 1.165) is 18.9 Å². The van der Waals surface area contributed by atoms with Crippen molar-refractivity contribution in [2.45, 2.75) is 37.1 Å². The summed E-state index contributed by atoms with van der Waals surface area (Å²) in [7, 11) is -3.80. The number of rotatable bonds is 3. The van der Waals surface area contributed by atoms with Crippen LogP contribution in [0.3, 0.4) is 0 Å². The van der Waals surface area contributed by atoms with Crippen LogP contribution in [0.15, 0.2) is 0 Å². The lowest BCUT2D eigenvalue weighted by molar-refractivity contribution is -0.153. The topological polar surface area (TPSA) is 57.9 Å². The molecule has 0 aromatic heterocycles. The Kier molecular flexibility index (Phi) is 3.84. The van der Waals surface area contributed by atoms with E-state index >= 15 is 0 Å². The van der Waals surface area contributed by atoms with Crippen LogP contribution in [0.2, 0.25) is 0 Å². The fourth-order valence-electron chi connectivity index (χ4n) is 1.82. The molecule has 0 aliphatic heterocycles. The maximum atomic E-state index is 12.3. The molecule has 7 heteroatoms. The number of sulfone groups is 1. The average Bonchev–Trinajstić information content (AvgIpc) is 2.65. The van der Waals surface area contributed by atoms with Gasteiger partial charge in [0.05, 0.1) is 17.1 Å². The molecule has 0 saturated heterocycles. The van der Waals surface area contributed by atoms with Crippen molar-refractivity contribution in [3.8, 4) is 6.07 Å². The lowest BCUT2D eigenvalue weighted by Gasteiger charge is -2.16. The average molecular weight is 255 g/mol. The Hall–Kier alpha value is -0.770. The van der Waals surface area contributed by atoms with E-state index in [1.54, 1.807) is 0 Å². The fourth-order valence-corrected chi connectivity index (χ4v) is 3.87. The zero-order chi connectivity index (χ0) is 12.4. The molecule has 3 nitrogen and oxygen atoms in total. The van der Waals surface area contributed by atoms with Crippen LogP contribution in [0.5, 0.6) is 0 Å². The van der Waals surface area contributed by atoms with Crippen molar-refractivity contribution in [2.24, 2.45) is 5.92 Å². The van der Waals surface area contributed by atoms with Crippen LogP contribution < -0.4 is 0 Å². The van der Waals surface area contributed by atoms with Gasteiger partial charge in [-0.1, -0.05) is 12.8 Å². The molecule has 92 valence electrons. The van der Waals surface area contributed by atoms with Crippen LogP contribution in [-0.4, -0.2) is 25.6 Å². The van der Waals surface area contributed by atoms with E-state index in [0.29, 0.717) is 12.8 Å². The summed E-state index contributed by atoms with van der Waals surface area (Å²) in [6, 6.07) is 1.02. The highest BCUT2D eigenvalue weighted by Gasteiger charge is 2.44. The van der Waals surface area contributed by atoms with Crippen LogP contribution in [-0.2, 0) is 9.84 Å². The summed E-state index contributed by atoms with van der Waals surface area (Å²) < 4.78 is 59.9. The zero-order valence-corrected chi connectivity index (χ0v) is 9.31. The number of alkyl halides is 3. The summed E-state index contributed by atoms with van der Waals surface area (Å²) in [5.41, 5.74) is 0. The summed E-state index contributed by atoms with van der Waals surface area (Å²) >= 11 is 0. The monoisotopic (exact) mass is 255 g/mol. The van der Waals surface area contributed by atoms with E-state index in [-0.39, 0.29) is 0 Å². The summed E-state index contributed by atoms with van der Waals surface area (Å²) in [6.45, 7) is 0. The van der Waals surface area contributed by atoms with Gasteiger partial charge in [-0.25, -0.2) is 8.42 Å². The minimum Gasteiger partial charge on any atom is -0.228 e. The summed E-state index contributed by atoms with van der Waals surface area (Å²) in [5.74, 6) is -3.50. The molecule has 0 spiro atoms. The lowest BCUT2D eigenvalue weighted by Crippen LogP contribution is -2.33. The highest BCUT2D eigenvalue weighted by molar-refractivity contribution is 7.92. The third kappa shape index (κ3) is 3.11. The molecule has 1 aliphatic carbocycles. The highest BCUT2D eigenvalue weighted by atomic mass is 32.2. The number of hydrogen-bond acceptors (Lipinski definition) is 3. The fraction of sp³-hybridized carbons (Fsp3) is 0.889. The molecular formula is C9H12F3NO2S. The molecule has 0 heterocycles. The Bertz CT molecular complexity index is 377. The molecule has 1 atom stereocenters. The quantitative estimate of drug-likeness (QED) is 0.775. The van der Waals surface area contributed by atoms with Gasteiger partial charge in [-0.05, 0) is 12.8 Å². The van der Waals surface area contributed by atoms with Gasteiger partial charge in [-0.15, -0.1) is 0 Å². The van der Waals surface area contributed by atoms with Gasteiger partial charge in [0.15, 0.2) is 15.8 Å². The van der Waals surface area contributed by atoms with Crippen LogP contribution in [0.1, 0.15) is 25.7 Å². The number of nitriles is 1. The largest absolute Gasteiger partial charge is 0.405 e. The standard InChI is InChI=1S/C9H12F3NO2S/c10-9(11,12)7(5-13)6-16(14,15)8-3-1-2-4-8/h7-8H,1-4,6H2. The van der Waals surface area contributed by atoms with Crippen molar-refractivity contribution in [1.82, 2.24) is 0 Å². The molecular weight excluding hydrogens is 243 g/mol. The molecule has 1 unspecified atom stereocenters. The Labute approximate surface area is 92.2 Å². The van der Waals surface area contributed by atoms with Crippen molar-refractivity contribution in [3.63, 3.8) is 0 Å². The van der Waals surface area contributed by atoms with Crippen molar-refractivity contribution in [2.75, 3.05) is 5.75 Å². The van der Waals surface area contributed by atoms with Gasteiger partial charge in [-0.3, -0.25) is 0 Å². The minimum atomic E-state index is -4.76. The Morgan fingerprint density at radius 1 is 1.31 bits per heavy atom. The molecule has 0 radical (unpaired) electrons. The smallest absolute Gasteiger partial charge is 0.228 e. The Balaban J connectivity index is 2.75. The third-order valence-electron chi connectivity index (χ3n) is 2.76. The van der Waals surface area contributed by atoms with Gasteiger partial charge in [0.25, 0.3) is 0 Å². The SMILES string of the molecule is N#CC(CS(=O)(=O)C1CCCC1)C(F)(F)F.